The van der Waals surface area contributed by atoms with E-state index in [1.165, 1.54) is 0 Å². The first-order valence-corrected chi connectivity index (χ1v) is 7.85. The molecule has 4 amide bonds. The van der Waals surface area contributed by atoms with Gasteiger partial charge in [0.15, 0.2) is 0 Å². The van der Waals surface area contributed by atoms with Crippen molar-refractivity contribution in [2.75, 3.05) is 13.6 Å². The van der Waals surface area contributed by atoms with Gasteiger partial charge in [-0.05, 0) is 11.6 Å². The maximum Gasteiger partial charge on any atom is 0.324 e. The molecule has 0 radical (unpaired) electrons. The van der Waals surface area contributed by atoms with Crippen molar-refractivity contribution in [1.82, 2.24) is 24.9 Å². The molecule has 1 aromatic carbocycles. The van der Waals surface area contributed by atoms with Crippen molar-refractivity contribution in [3.63, 3.8) is 0 Å². The molecule has 0 saturated carbocycles. The average Bonchev–Trinajstić information content (AvgIpc) is 3.14. The topological polar surface area (TPSA) is 87.5 Å². The van der Waals surface area contributed by atoms with Gasteiger partial charge in [0, 0.05) is 38.0 Å². The number of nitrogens with one attached hydrogen (secondary N) is 1. The predicted molar refractivity (Wildman–Crippen MR) is 89.4 cm³/mol. The number of hydrogen-bond acceptors (Lipinski definition) is 4. The normalized spacial score (nSPS) is 13.9. The largest absolute Gasteiger partial charge is 0.337 e. The number of carbonyl (C=O) groups is 3. The molecule has 1 aliphatic rings. The monoisotopic (exact) mass is 341 g/mol. The van der Waals surface area contributed by atoms with Gasteiger partial charge in [0.1, 0.15) is 0 Å². The second-order valence-electron chi connectivity index (χ2n) is 5.98. The van der Waals surface area contributed by atoms with Crippen LogP contribution in [0, 0.1) is 0 Å². The van der Waals surface area contributed by atoms with Crippen LogP contribution in [0.2, 0.25) is 0 Å². The lowest BCUT2D eigenvalue weighted by atomic mass is 10.1. The third-order valence-electron chi connectivity index (χ3n) is 4.04. The van der Waals surface area contributed by atoms with E-state index >= 15 is 0 Å². The molecular formula is C17H19N5O3. The van der Waals surface area contributed by atoms with Gasteiger partial charge in [-0.1, -0.05) is 18.2 Å². The highest BCUT2D eigenvalue weighted by Gasteiger charge is 2.29. The molecular weight excluding hydrogens is 322 g/mol. The van der Waals surface area contributed by atoms with Crippen molar-refractivity contribution in [2.45, 2.75) is 13.1 Å². The fourth-order valence-electron chi connectivity index (χ4n) is 2.76. The molecule has 8 nitrogen and oxygen atoms in total. The lowest BCUT2D eigenvalue weighted by Gasteiger charge is -2.20. The Balaban J connectivity index is 1.78. The van der Waals surface area contributed by atoms with Crippen LogP contribution in [0.4, 0.5) is 4.79 Å². The van der Waals surface area contributed by atoms with Crippen LogP contribution in [0.15, 0.2) is 36.7 Å². The Morgan fingerprint density at radius 3 is 2.72 bits per heavy atom. The summed E-state index contributed by atoms with van der Waals surface area (Å²) in [7, 11) is 3.53. The van der Waals surface area contributed by atoms with Crippen LogP contribution >= 0.6 is 0 Å². The summed E-state index contributed by atoms with van der Waals surface area (Å²) in [6.07, 6.45) is 3.56. The average molecular weight is 341 g/mol. The maximum atomic E-state index is 12.8. The summed E-state index contributed by atoms with van der Waals surface area (Å²) >= 11 is 0. The zero-order chi connectivity index (χ0) is 18.0. The Morgan fingerprint density at radius 2 is 2.08 bits per heavy atom. The zero-order valence-electron chi connectivity index (χ0n) is 14.1. The first-order chi connectivity index (χ1) is 12.0. The van der Waals surface area contributed by atoms with Crippen LogP contribution in [0.25, 0.3) is 0 Å². The molecule has 1 N–H and O–H groups in total. The number of imide groups is 1. The third kappa shape index (κ3) is 3.52. The number of rotatable bonds is 5. The summed E-state index contributed by atoms with van der Waals surface area (Å²) in [5.74, 6) is -0.470. The fraction of sp³-hybridized carbons (Fsp3) is 0.294. The van der Waals surface area contributed by atoms with Crippen LogP contribution in [0.3, 0.4) is 0 Å². The molecule has 2 heterocycles. The maximum absolute atomic E-state index is 12.8. The number of nitrogens with zero attached hydrogens (tertiary/aromatic N) is 4. The first kappa shape index (κ1) is 16.7. The Hall–Kier alpha value is -3.16. The van der Waals surface area contributed by atoms with E-state index in [4.69, 9.17) is 0 Å². The van der Waals surface area contributed by atoms with Gasteiger partial charge in [-0.25, -0.2) is 4.79 Å². The van der Waals surface area contributed by atoms with Crippen molar-refractivity contribution in [1.29, 1.82) is 0 Å². The van der Waals surface area contributed by atoms with Gasteiger partial charge in [0.2, 0.25) is 5.91 Å². The molecule has 0 unspecified atom stereocenters. The number of carbonyl (C=O) groups excluding carboxylic acids is 3. The van der Waals surface area contributed by atoms with Crippen molar-refractivity contribution in [3.8, 4) is 0 Å². The summed E-state index contributed by atoms with van der Waals surface area (Å²) < 4.78 is 1.68. The number of aryl methyl sites for hydroxylation is 1. The molecule has 1 saturated heterocycles. The molecule has 3 rings (SSSR count). The molecule has 0 spiro atoms. The van der Waals surface area contributed by atoms with Crippen LogP contribution in [0.5, 0.6) is 0 Å². The molecule has 25 heavy (non-hydrogen) atoms. The molecule has 1 aromatic heterocycles. The Bertz CT molecular complexity index is 813. The first-order valence-electron chi connectivity index (χ1n) is 7.85. The van der Waals surface area contributed by atoms with Gasteiger partial charge < -0.3 is 10.2 Å². The second-order valence-corrected chi connectivity index (χ2v) is 5.98. The quantitative estimate of drug-likeness (QED) is 0.813. The number of aromatic nitrogens is 2. The Labute approximate surface area is 145 Å². The number of benzene rings is 1. The van der Waals surface area contributed by atoms with Crippen LogP contribution in [0.1, 0.15) is 21.5 Å². The molecule has 8 heteroatoms. The highest BCUT2D eigenvalue weighted by atomic mass is 16.2. The minimum absolute atomic E-state index is 0.00411. The van der Waals surface area contributed by atoms with Crippen LogP contribution in [-0.4, -0.2) is 51.0 Å². The van der Waals surface area contributed by atoms with Gasteiger partial charge in [0.05, 0.1) is 19.3 Å². The highest BCUT2D eigenvalue weighted by molar-refractivity contribution is 6.02. The molecule has 1 aliphatic heterocycles. The molecule has 0 aliphatic carbocycles. The van der Waals surface area contributed by atoms with E-state index in [1.54, 1.807) is 47.1 Å². The van der Waals surface area contributed by atoms with Gasteiger partial charge in [-0.2, -0.15) is 5.10 Å². The molecule has 130 valence electrons. The van der Waals surface area contributed by atoms with E-state index < -0.39 is 6.03 Å². The van der Waals surface area contributed by atoms with Gasteiger partial charge >= 0.3 is 6.03 Å². The zero-order valence-corrected chi connectivity index (χ0v) is 14.1. The molecule has 2 aromatic rings. The highest BCUT2D eigenvalue weighted by Crippen LogP contribution is 2.16. The van der Waals surface area contributed by atoms with E-state index in [-0.39, 0.29) is 24.9 Å². The summed E-state index contributed by atoms with van der Waals surface area (Å²) in [5.41, 5.74) is 2.03. The number of urea groups is 1. The Morgan fingerprint density at radius 1 is 1.32 bits per heavy atom. The summed E-state index contributed by atoms with van der Waals surface area (Å²) in [4.78, 5) is 39.0. The van der Waals surface area contributed by atoms with Gasteiger partial charge in [-0.3, -0.25) is 19.2 Å². The third-order valence-corrected chi connectivity index (χ3v) is 4.04. The van der Waals surface area contributed by atoms with Crippen LogP contribution in [-0.2, 0) is 24.9 Å². The van der Waals surface area contributed by atoms with Crippen molar-refractivity contribution < 1.29 is 14.4 Å². The smallest absolute Gasteiger partial charge is 0.324 e. The lowest BCUT2D eigenvalue weighted by molar-refractivity contribution is -0.125. The summed E-state index contributed by atoms with van der Waals surface area (Å²) in [6.45, 7) is 0.493. The van der Waals surface area contributed by atoms with E-state index in [2.05, 4.69) is 10.4 Å². The van der Waals surface area contributed by atoms with Crippen molar-refractivity contribution >= 4 is 17.8 Å². The SMILES string of the molecule is CN(Cc1cnn(C)c1)C(=O)c1ccccc1CN1C(=O)CNC1=O. The van der Waals surface area contributed by atoms with E-state index in [1.807, 2.05) is 13.2 Å². The standard InChI is InChI=1S/C17H19N5O3/c1-20(9-12-7-19-21(2)10-12)16(24)14-6-4-3-5-13(14)11-22-15(23)8-18-17(22)25/h3-7,10H,8-9,11H2,1-2H3,(H,18,25). The summed E-state index contributed by atoms with van der Waals surface area (Å²) in [5, 5.41) is 6.57. The van der Waals surface area contributed by atoms with Gasteiger partial charge in [-0.15, -0.1) is 0 Å². The van der Waals surface area contributed by atoms with E-state index in [0.29, 0.717) is 17.7 Å². The van der Waals surface area contributed by atoms with E-state index in [0.717, 1.165) is 10.5 Å². The molecule has 0 bridgehead atoms. The van der Waals surface area contributed by atoms with Crippen molar-refractivity contribution in [3.05, 3.63) is 53.3 Å². The van der Waals surface area contributed by atoms with Crippen molar-refractivity contribution in [2.24, 2.45) is 7.05 Å². The number of hydrogen-bond donors (Lipinski definition) is 1. The minimum Gasteiger partial charge on any atom is -0.337 e. The molecule has 0 atom stereocenters. The van der Waals surface area contributed by atoms with E-state index in [9.17, 15) is 14.4 Å². The minimum atomic E-state index is -0.434. The van der Waals surface area contributed by atoms with Gasteiger partial charge in [0.25, 0.3) is 5.91 Å². The summed E-state index contributed by atoms with van der Waals surface area (Å²) in [6, 6.07) is 6.57. The van der Waals surface area contributed by atoms with Crippen LogP contribution < -0.4 is 5.32 Å². The Kier molecular flexibility index (Phi) is 4.51. The second kappa shape index (κ2) is 6.76. The lowest BCUT2D eigenvalue weighted by Crippen LogP contribution is -2.32. The number of amides is 4. The molecule has 1 fully saturated rings. The fourth-order valence-corrected chi connectivity index (χ4v) is 2.76. The predicted octanol–water partition coefficient (Wildman–Crippen LogP) is 0.744.